The molecule has 1 heterocycles. The minimum absolute atomic E-state index is 0.409. The predicted molar refractivity (Wildman–Crippen MR) is 96.6 cm³/mol. The zero-order chi connectivity index (χ0) is 15.7. The maximum absolute atomic E-state index is 5.80. The molecule has 0 fully saturated rings. The SMILES string of the molecule is C=C/C(=C\C=NC)N=C(SC)C1=C(COC)N=C(N)CS1. The van der Waals surface area contributed by atoms with Gasteiger partial charge in [-0.25, -0.2) is 9.98 Å². The second-order valence-electron chi connectivity index (χ2n) is 3.92. The summed E-state index contributed by atoms with van der Waals surface area (Å²) in [6, 6.07) is 0. The van der Waals surface area contributed by atoms with Gasteiger partial charge in [0.1, 0.15) is 10.9 Å². The number of rotatable bonds is 6. The Bertz CT molecular complexity index is 533. The Morgan fingerprint density at radius 1 is 1.62 bits per heavy atom. The molecule has 0 atom stereocenters. The highest BCUT2D eigenvalue weighted by Crippen LogP contribution is 2.30. The lowest BCUT2D eigenvalue weighted by atomic mass is 10.4. The van der Waals surface area contributed by atoms with Crippen molar-refractivity contribution in [3.05, 3.63) is 35.0 Å². The highest BCUT2D eigenvalue weighted by Gasteiger charge is 2.19. The molecule has 0 aliphatic carbocycles. The van der Waals surface area contributed by atoms with Gasteiger partial charge in [0.05, 0.1) is 28.7 Å². The molecule has 114 valence electrons. The molecule has 2 N–H and O–H groups in total. The fourth-order valence-electron chi connectivity index (χ4n) is 1.51. The molecule has 0 saturated heterocycles. The van der Waals surface area contributed by atoms with Crippen LogP contribution in [0, 0.1) is 0 Å². The Kier molecular flexibility index (Phi) is 8.11. The van der Waals surface area contributed by atoms with Gasteiger partial charge < -0.3 is 10.5 Å². The molecule has 0 spiro atoms. The van der Waals surface area contributed by atoms with Gasteiger partial charge in [-0.3, -0.25) is 4.99 Å². The molecule has 0 unspecified atom stereocenters. The number of hydrogen-bond acceptors (Lipinski definition) is 7. The summed E-state index contributed by atoms with van der Waals surface area (Å²) in [5.74, 6) is 1.26. The maximum Gasteiger partial charge on any atom is 0.112 e. The Balaban J connectivity index is 3.22. The Morgan fingerprint density at radius 2 is 2.38 bits per heavy atom. The third-order valence-electron chi connectivity index (χ3n) is 2.41. The van der Waals surface area contributed by atoms with Gasteiger partial charge in [0.2, 0.25) is 0 Å². The summed E-state index contributed by atoms with van der Waals surface area (Å²) in [6.07, 6.45) is 7.17. The minimum Gasteiger partial charge on any atom is -0.386 e. The van der Waals surface area contributed by atoms with Gasteiger partial charge >= 0.3 is 0 Å². The smallest absolute Gasteiger partial charge is 0.112 e. The van der Waals surface area contributed by atoms with Crippen molar-refractivity contribution in [1.82, 2.24) is 0 Å². The Labute approximate surface area is 134 Å². The predicted octanol–water partition coefficient (Wildman–Crippen LogP) is 2.48. The van der Waals surface area contributed by atoms with Crippen molar-refractivity contribution in [2.45, 2.75) is 0 Å². The molecule has 0 aromatic heterocycles. The number of allylic oxidation sites excluding steroid dienone is 2. The molecule has 0 amide bonds. The van der Waals surface area contributed by atoms with E-state index in [1.165, 1.54) is 0 Å². The molecule has 7 heteroatoms. The van der Waals surface area contributed by atoms with Gasteiger partial charge in [-0.15, -0.1) is 23.5 Å². The van der Waals surface area contributed by atoms with E-state index in [0.717, 1.165) is 21.3 Å². The van der Waals surface area contributed by atoms with Gasteiger partial charge in [-0.2, -0.15) is 0 Å². The third-order valence-corrected chi connectivity index (χ3v) is 4.38. The van der Waals surface area contributed by atoms with Crippen molar-refractivity contribution >= 4 is 40.6 Å². The number of ether oxygens (including phenoxy) is 1. The van der Waals surface area contributed by atoms with E-state index in [1.807, 2.05) is 12.3 Å². The first kappa shape index (κ1) is 17.7. The highest BCUT2D eigenvalue weighted by atomic mass is 32.2. The standard InChI is InChI=1S/C14H20N4OS2/c1-5-10(6-7-16-2)17-14(20-4)13-11(8-19-3)18-12(15)9-21-13/h5-7H,1,8-9H2,2-4H3,(H2,15,18)/b10-6+,16-7?,17-14?. The van der Waals surface area contributed by atoms with E-state index in [9.17, 15) is 0 Å². The monoisotopic (exact) mass is 324 g/mol. The van der Waals surface area contributed by atoms with Crippen molar-refractivity contribution < 1.29 is 4.74 Å². The number of hydrogen-bond donors (Lipinski definition) is 1. The molecule has 0 saturated carbocycles. The van der Waals surface area contributed by atoms with E-state index in [0.29, 0.717) is 18.2 Å². The lowest BCUT2D eigenvalue weighted by molar-refractivity contribution is 0.225. The number of nitrogens with two attached hydrogens (primary N) is 1. The van der Waals surface area contributed by atoms with E-state index in [1.54, 1.807) is 50.0 Å². The number of aliphatic imine (C=N–C) groups is 3. The maximum atomic E-state index is 5.80. The summed E-state index contributed by atoms with van der Waals surface area (Å²) < 4.78 is 5.20. The summed E-state index contributed by atoms with van der Waals surface area (Å²) in [7, 11) is 3.35. The summed E-state index contributed by atoms with van der Waals surface area (Å²) in [6.45, 7) is 4.18. The Morgan fingerprint density at radius 3 is 2.95 bits per heavy atom. The van der Waals surface area contributed by atoms with Crippen molar-refractivity contribution in [2.75, 3.05) is 32.8 Å². The molecule has 0 aromatic rings. The quantitative estimate of drug-likeness (QED) is 0.463. The zero-order valence-corrected chi connectivity index (χ0v) is 14.1. The number of thioether (sulfide) groups is 2. The lowest BCUT2D eigenvalue weighted by Crippen LogP contribution is -2.21. The van der Waals surface area contributed by atoms with E-state index in [2.05, 4.69) is 21.6 Å². The number of methoxy groups -OCH3 is 1. The average molecular weight is 324 g/mol. The summed E-state index contributed by atoms with van der Waals surface area (Å²) >= 11 is 3.18. The molecule has 1 aliphatic rings. The molecule has 0 bridgehead atoms. The van der Waals surface area contributed by atoms with E-state index >= 15 is 0 Å². The zero-order valence-electron chi connectivity index (χ0n) is 12.5. The number of nitrogens with zero attached hydrogens (tertiary/aromatic N) is 3. The molecule has 0 radical (unpaired) electrons. The minimum atomic E-state index is 0.409. The largest absolute Gasteiger partial charge is 0.386 e. The van der Waals surface area contributed by atoms with Crippen LogP contribution >= 0.6 is 23.5 Å². The van der Waals surface area contributed by atoms with E-state index in [-0.39, 0.29) is 0 Å². The van der Waals surface area contributed by atoms with Crippen LogP contribution in [0.2, 0.25) is 0 Å². The van der Waals surface area contributed by atoms with Crippen LogP contribution in [0.1, 0.15) is 0 Å². The van der Waals surface area contributed by atoms with Crippen LogP contribution in [-0.4, -0.2) is 49.9 Å². The number of amidine groups is 1. The van der Waals surface area contributed by atoms with Gasteiger partial charge in [0.25, 0.3) is 0 Å². The van der Waals surface area contributed by atoms with Gasteiger partial charge in [-0.05, 0) is 18.4 Å². The van der Waals surface area contributed by atoms with Crippen molar-refractivity contribution in [3.63, 3.8) is 0 Å². The Hall–Kier alpha value is -1.31. The first-order valence-corrected chi connectivity index (χ1v) is 8.43. The molecule has 21 heavy (non-hydrogen) atoms. The highest BCUT2D eigenvalue weighted by molar-refractivity contribution is 8.17. The van der Waals surface area contributed by atoms with Gasteiger partial charge in [0.15, 0.2) is 0 Å². The van der Waals surface area contributed by atoms with Crippen molar-refractivity contribution in [1.29, 1.82) is 0 Å². The van der Waals surface area contributed by atoms with Crippen LogP contribution in [0.4, 0.5) is 0 Å². The molecule has 1 aliphatic heterocycles. The van der Waals surface area contributed by atoms with E-state index in [4.69, 9.17) is 10.5 Å². The molecular formula is C14H20N4OS2. The fraction of sp³-hybridized carbons (Fsp3) is 0.357. The first-order chi connectivity index (χ1) is 10.2. The van der Waals surface area contributed by atoms with Crippen LogP contribution in [0.25, 0.3) is 0 Å². The fourth-order valence-corrected chi connectivity index (χ4v) is 3.24. The molecule has 5 nitrogen and oxygen atoms in total. The normalized spacial score (nSPS) is 17.4. The second-order valence-corrected chi connectivity index (χ2v) is 5.71. The summed E-state index contributed by atoms with van der Waals surface area (Å²) in [5, 5.41) is 0.874. The van der Waals surface area contributed by atoms with Gasteiger partial charge in [-0.1, -0.05) is 6.58 Å². The summed E-state index contributed by atoms with van der Waals surface area (Å²) in [5.41, 5.74) is 7.36. The topological polar surface area (TPSA) is 72.3 Å². The van der Waals surface area contributed by atoms with Crippen LogP contribution in [0.15, 0.2) is 50.0 Å². The van der Waals surface area contributed by atoms with Crippen molar-refractivity contribution in [3.8, 4) is 0 Å². The second kappa shape index (κ2) is 9.59. The molecule has 0 aromatic carbocycles. The van der Waals surface area contributed by atoms with Crippen molar-refractivity contribution in [2.24, 2.45) is 20.7 Å². The molecule has 1 rings (SSSR count). The van der Waals surface area contributed by atoms with E-state index < -0.39 is 0 Å². The first-order valence-electron chi connectivity index (χ1n) is 6.22. The van der Waals surface area contributed by atoms with Crippen LogP contribution < -0.4 is 5.73 Å². The van der Waals surface area contributed by atoms with Gasteiger partial charge in [0, 0.05) is 20.4 Å². The van der Waals surface area contributed by atoms with Crippen LogP contribution in [-0.2, 0) is 4.74 Å². The average Bonchev–Trinajstić information content (AvgIpc) is 2.49. The molecular weight excluding hydrogens is 304 g/mol. The summed E-state index contributed by atoms with van der Waals surface area (Å²) in [4.78, 5) is 13.9. The van der Waals surface area contributed by atoms with Crippen LogP contribution in [0.5, 0.6) is 0 Å². The third kappa shape index (κ3) is 5.53. The lowest BCUT2D eigenvalue weighted by Gasteiger charge is -2.17. The van der Waals surface area contributed by atoms with Crippen LogP contribution in [0.3, 0.4) is 0 Å².